The Kier molecular flexibility index (Phi) is 6.53. The second-order valence-electron chi connectivity index (χ2n) is 5.07. The van der Waals surface area contributed by atoms with E-state index >= 15 is 0 Å². The maximum atomic E-state index is 11.9. The zero-order chi connectivity index (χ0) is 14.3. The van der Waals surface area contributed by atoms with Gasteiger partial charge < -0.3 is 15.4 Å². The van der Waals surface area contributed by atoms with Crippen LogP contribution in [-0.2, 0) is 16.1 Å². The second-order valence-corrected chi connectivity index (χ2v) is 5.07. The lowest BCUT2D eigenvalue weighted by Crippen LogP contribution is -2.45. The van der Waals surface area contributed by atoms with Crippen LogP contribution in [0, 0.1) is 5.92 Å². The molecule has 0 saturated heterocycles. The van der Waals surface area contributed by atoms with Gasteiger partial charge in [0.1, 0.15) is 0 Å². The standard InChI is InChI=1S/C15H24N2O2/c1-12(2)14(16)15(18)17(3)9-10-19-11-13-7-5-4-6-8-13/h4-8,12,14H,9-11,16H2,1-3H3/t14-/m0/s1. The van der Waals surface area contributed by atoms with E-state index in [1.165, 1.54) is 0 Å². The van der Waals surface area contributed by atoms with Crippen LogP contribution in [0.4, 0.5) is 0 Å². The number of nitrogens with zero attached hydrogens (tertiary/aromatic N) is 1. The predicted octanol–water partition coefficient (Wildman–Crippen LogP) is 1.64. The van der Waals surface area contributed by atoms with Crippen molar-refractivity contribution in [1.82, 2.24) is 4.90 Å². The van der Waals surface area contributed by atoms with E-state index in [0.717, 1.165) is 5.56 Å². The van der Waals surface area contributed by atoms with Gasteiger partial charge in [0.25, 0.3) is 0 Å². The van der Waals surface area contributed by atoms with E-state index in [1.807, 2.05) is 44.2 Å². The van der Waals surface area contributed by atoms with E-state index in [9.17, 15) is 4.79 Å². The number of ether oxygens (including phenoxy) is 1. The number of nitrogens with two attached hydrogens (primary N) is 1. The molecule has 0 aromatic heterocycles. The molecular weight excluding hydrogens is 240 g/mol. The van der Waals surface area contributed by atoms with E-state index in [4.69, 9.17) is 10.5 Å². The summed E-state index contributed by atoms with van der Waals surface area (Å²) in [5.74, 6) is 0.124. The number of carbonyl (C=O) groups is 1. The van der Waals surface area contributed by atoms with Crippen molar-refractivity contribution in [2.75, 3.05) is 20.2 Å². The van der Waals surface area contributed by atoms with Gasteiger partial charge in [-0.3, -0.25) is 4.79 Å². The normalized spacial score (nSPS) is 12.5. The van der Waals surface area contributed by atoms with Gasteiger partial charge in [0.2, 0.25) is 5.91 Å². The van der Waals surface area contributed by atoms with Crippen LogP contribution in [0.5, 0.6) is 0 Å². The fraction of sp³-hybridized carbons (Fsp3) is 0.533. The van der Waals surface area contributed by atoms with E-state index in [0.29, 0.717) is 19.8 Å². The van der Waals surface area contributed by atoms with Crippen LogP contribution >= 0.6 is 0 Å². The topological polar surface area (TPSA) is 55.6 Å². The van der Waals surface area contributed by atoms with Crippen molar-refractivity contribution in [2.24, 2.45) is 11.7 Å². The van der Waals surface area contributed by atoms with E-state index < -0.39 is 6.04 Å². The minimum absolute atomic E-state index is 0.0293. The van der Waals surface area contributed by atoms with Gasteiger partial charge in [0.15, 0.2) is 0 Å². The first kappa shape index (κ1) is 15.7. The first-order valence-electron chi connectivity index (χ1n) is 6.64. The Morgan fingerprint density at radius 1 is 1.32 bits per heavy atom. The molecule has 0 heterocycles. The van der Waals surface area contributed by atoms with E-state index in [1.54, 1.807) is 11.9 Å². The van der Waals surface area contributed by atoms with Crippen LogP contribution in [-0.4, -0.2) is 37.0 Å². The molecule has 0 fully saturated rings. The van der Waals surface area contributed by atoms with Gasteiger partial charge in [-0.1, -0.05) is 44.2 Å². The molecular formula is C15H24N2O2. The first-order chi connectivity index (χ1) is 9.02. The Labute approximate surface area is 115 Å². The molecule has 4 nitrogen and oxygen atoms in total. The average molecular weight is 264 g/mol. The average Bonchev–Trinajstić information content (AvgIpc) is 2.42. The quantitative estimate of drug-likeness (QED) is 0.762. The SMILES string of the molecule is CC(C)[C@H](N)C(=O)N(C)CCOCc1ccccc1. The number of likely N-dealkylation sites (N-methyl/N-ethyl adjacent to an activating group) is 1. The molecule has 0 spiro atoms. The van der Waals surface area contributed by atoms with Gasteiger partial charge in [-0.25, -0.2) is 0 Å². The molecule has 1 amide bonds. The molecule has 19 heavy (non-hydrogen) atoms. The summed E-state index contributed by atoms with van der Waals surface area (Å²) in [6.07, 6.45) is 0. The maximum Gasteiger partial charge on any atom is 0.239 e. The lowest BCUT2D eigenvalue weighted by molar-refractivity contribution is -0.133. The highest BCUT2D eigenvalue weighted by atomic mass is 16.5. The minimum Gasteiger partial charge on any atom is -0.375 e. The first-order valence-corrected chi connectivity index (χ1v) is 6.64. The minimum atomic E-state index is -0.431. The molecule has 0 bridgehead atoms. The number of hydrogen-bond donors (Lipinski definition) is 1. The third-order valence-electron chi connectivity index (χ3n) is 3.06. The Bertz CT molecular complexity index is 379. The molecule has 4 heteroatoms. The molecule has 0 aliphatic heterocycles. The van der Waals surface area contributed by atoms with Crippen molar-refractivity contribution in [3.8, 4) is 0 Å². The molecule has 1 aromatic carbocycles. The molecule has 2 N–H and O–H groups in total. The van der Waals surface area contributed by atoms with Crippen molar-refractivity contribution < 1.29 is 9.53 Å². The molecule has 0 unspecified atom stereocenters. The molecule has 0 radical (unpaired) electrons. The van der Waals surface area contributed by atoms with Crippen LogP contribution in [0.3, 0.4) is 0 Å². The zero-order valence-electron chi connectivity index (χ0n) is 12.0. The lowest BCUT2D eigenvalue weighted by Gasteiger charge is -2.23. The van der Waals surface area contributed by atoms with Crippen molar-refractivity contribution in [2.45, 2.75) is 26.5 Å². The number of carbonyl (C=O) groups excluding carboxylic acids is 1. The molecule has 0 aliphatic rings. The van der Waals surface area contributed by atoms with Crippen LogP contribution in [0.15, 0.2) is 30.3 Å². The summed E-state index contributed by atoms with van der Waals surface area (Å²) in [5.41, 5.74) is 6.96. The highest BCUT2D eigenvalue weighted by Gasteiger charge is 2.20. The van der Waals surface area contributed by atoms with Crippen molar-refractivity contribution >= 4 is 5.91 Å². The van der Waals surface area contributed by atoms with Crippen LogP contribution in [0.2, 0.25) is 0 Å². The summed E-state index contributed by atoms with van der Waals surface area (Å²) >= 11 is 0. The third-order valence-corrected chi connectivity index (χ3v) is 3.06. The molecule has 1 aromatic rings. The summed E-state index contributed by atoms with van der Waals surface area (Å²) in [6, 6.07) is 9.54. The van der Waals surface area contributed by atoms with Crippen LogP contribution in [0.25, 0.3) is 0 Å². The highest BCUT2D eigenvalue weighted by Crippen LogP contribution is 2.03. The second kappa shape index (κ2) is 7.92. The maximum absolute atomic E-state index is 11.9. The molecule has 1 atom stereocenters. The summed E-state index contributed by atoms with van der Waals surface area (Å²) in [4.78, 5) is 13.5. The zero-order valence-corrected chi connectivity index (χ0v) is 12.0. The van der Waals surface area contributed by atoms with Gasteiger partial charge in [-0.05, 0) is 11.5 Å². The highest BCUT2D eigenvalue weighted by molar-refractivity contribution is 5.81. The molecule has 0 saturated carbocycles. The van der Waals surface area contributed by atoms with Gasteiger partial charge in [-0.15, -0.1) is 0 Å². The lowest BCUT2D eigenvalue weighted by atomic mass is 10.0. The van der Waals surface area contributed by atoms with Gasteiger partial charge in [0, 0.05) is 13.6 Å². The van der Waals surface area contributed by atoms with E-state index in [2.05, 4.69) is 0 Å². The number of rotatable bonds is 7. The number of benzene rings is 1. The number of amides is 1. The summed E-state index contributed by atoms with van der Waals surface area (Å²) in [5, 5.41) is 0. The van der Waals surface area contributed by atoms with Gasteiger partial charge in [-0.2, -0.15) is 0 Å². The fourth-order valence-corrected chi connectivity index (χ4v) is 1.62. The Hall–Kier alpha value is -1.39. The monoisotopic (exact) mass is 264 g/mol. The largest absolute Gasteiger partial charge is 0.375 e. The summed E-state index contributed by atoms with van der Waals surface area (Å²) in [7, 11) is 1.76. The van der Waals surface area contributed by atoms with Gasteiger partial charge >= 0.3 is 0 Å². The van der Waals surface area contributed by atoms with Crippen LogP contribution in [0.1, 0.15) is 19.4 Å². The van der Waals surface area contributed by atoms with E-state index in [-0.39, 0.29) is 11.8 Å². The molecule has 0 aliphatic carbocycles. The third kappa shape index (κ3) is 5.41. The van der Waals surface area contributed by atoms with Crippen molar-refractivity contribution in [3.05, 3.63) is 35.9 Å². The Morgan fingerprint density at radius 2 is 1.95 bits per heavy atom. The molecule has 1 rings (SSSR count). The van der Waals surface area contributed by atoms with Gasteiger partial charge in [0.05, 0.1) is 19.3 Å². The number of hydrogen-bond acceptors (Lipinski definition) is 3. The summed E-state index contributed by atoms with van der Waals surface area (Å²) < 4.78 is 5.55. The summed E-state index contributed by atoms with van der Waals surface area (Å²) in [6.45, 7) is 5.54. The Morgan fingerprint density at radius 3 is 2.53 bits per heavy atom. The Balaban J connectivity index is 2.24. The van der Waals surface area contributed by atoms with Crippen LogP contribution < -0.4 is 5.73 Å². The van der Waals surface area contributed by atoms with Crippen molar-refractivity contribution in [1.29, 1.82) is 0 Å². The van der Waals surface area contributed by atoms with Crippen molar-refractivity contribution in [3.63, 3.8) is 0 Å². The fourth-order valence-electron chi connectivity index (χ4n) is 1.62. The smallest absolute Gasteiger partial charge is 0.239 e. The predicted molar refractivity (Wildman–Crippen MR) is 76.5 cm³/mol. The molecule has 106 valence electrons.